The molecule has 0 aliphatic heterocycles. The quantitative estimate of drug-likeness (QED) is 0.373. The molecule has 0 aromatic heterocycles. The smallest absolute Gasteiger partial charge is 0.119 e. The Bertz CT molecular complexity index is 728. The van der Waals surface area contributed by atoms with Gasteiger partial charge in [0.25, 0.3) is 0 Å². The van der Waals surface area contributed by atoms with E-state index in [0.717, 1.165) is 19.1 Å². The molecule has 0 saturated heterocycles. The molecule has 8 heteroatoms. The van der Waals surface area contributed by atoms with Gasteiger partial charge in [0.15, 0.2) is 0 Å². The number of nitrogens with zero attached hydrogens (tertiary/aromatic N) is 1. The Morgan fingerprint density at radius 2 is 1.26 bits per heavy atom. The predicted octanol–water partition coefficient (Wildman–Crippen LogP) is 5.01. The molecule has 0 fully saturated rings. The first-order valence-electron chi connectivity index (χ1n) is 9.67. The van der Waals surface area contributed by atoms with E-state index in [9.17, 15) is 16.8 Å². The van der Waals surface area contributed by atoms with Crippen LogP contribution in [0.1, 0.15) is 71.1 Å². The average molecular weight is 419 g/mol. The second-order valence-electron chi connectivity index (χ2n) is 6.78. The molecule has 6 nitrogen and oxygen atoms in total. The van der Waals surface area contributed by atoms with Gasteiger partial charge in [-0.25, -0.2) is 16.8 Å². The fourth-order valence-corrected chi connectivity index (χ4v) is 4.96. The van der Waals surface area contributed by atoms with Gasteiger partial charge in [-0.15, -0.1) is 0 Å². The van der Waals surface area contributed by atoms with Gasteiger partial charge in [0.1, 0.15) is 15.8 Å². The van der Waals surface area contributed by atoms with E-state index in [4.69, 9.17) is 4.74 Å². The lowest BCUT2D eigenvalue weighted by atomic mass is 10.1. The van der Waals surface area contributed by atoms with Gasteiger partial charge in [0.2, 0.25) is 0 Å². The SMILES string of the molecule is CCCCCCCCCCCCOc1ccc(S(=O)(=O)[N-]S(C)(=O)=O)cc1. The summed E-state index contributed by atoms with van der Waals surface area (Å²) in [6.45, 7) is 2.81. The second kappa shape index (κ2) is 12.4. The van der Waals surface area contributed by atoms with Crippen LogP contribution in [0, 0.1) is 0 Å². The molecule has 1 aromatic carbocycles. The molecule has 0 heterocycles. The molecule has 0 atom stereocenters. The Morgan fingerprint density at radius 1 is 0.778 bits per heavy atom. The van der Waals surface area contributed by atoms with Crippen molar-refractivity contribution >= 4 is 20.0 Å². The zero-order valence-electron chi connectivity index (χ0n) is 16.4. The molecule has 0 spiro atoms. The van der Waals surface area contributed by atoms with E-state index in [0.29, 0.717) is 12.4 Å². The molecule has 0 bridgehead atoms. The Kier molecular flexibility index (Phi) is 10.9. The second-order valence-corrected chi connectivity index (χ2v) is 10.3. The van der Waals surface area contributed by atoms with Crippen molar-refractivity contribution in [3.8, 4) is 5.75 Å². The highest BCUT2D eigenvalue weighted by atomic mass is 32.3. The Balaban J connectivity index is 2.20. The van der Waals surface area contributed by atoms with Crippen LogP contribution in [0.5, 0.6) is 5.75 Å². The molecule has 0 N–H and O–H groups in total. The number of unbranched alkanes of at least 4 members (excludes halogenated alkanes) is 9. The highest BCUT2D eigenvalue weighted by Crippen LogP contribution is 2.22. The minimum absolute atomic E-state index is 0.167. The van der Waals surface area contributed by atoms with Gasteiger partial charge < -0.3 is 8.86 Å². The van der Waals surface area contributed by atoms with E-state index in [1.807, 2.05) is 0 Å². The minimum Gasteiger partial charge on any atom is -0.494 e. The van der Waals surface area contributed by atoms with Crippen molar-refractivity contribution in [3.05, 3.63) is 28.4 Å². The van der Waals surface area contributed by atoms with Crippen LogP contribution in [-0.4, -0.2) is 29.7 Å². The summed E-state index contributed by atoms with van der Waals surface area (Å²) in [6, 6.07) is 5.64. The zero-order valence-corrected chi connectivity index (χ0v) is 18.0. The standard InChI is InChI=1S/C19H32NO5S2/c1-3-4-5-6-7-8-9-10-11-12-17-25-18-13-15-19(16-14-18)27(23,24)20-26(2,21)22/h13-16H,3-12,17H2,1-2H3/q-1. The van der Waals surface area contributed by atoms with Crippen LogP contribution >= 0.6 is 0 Å². The molecular weight excluding hydrogens is 386 g/mol. The Labute approximate surface area is 164 Å². The van der Waals surface area contributed by atoms with Crippen molar-refractivity contribution in [2.75, 3.05) is 12.9 Å². The van der Waals surface area contributed by atoms with Gasteiger partial charge in [-0.05, 0) is 30.7 Å². The largest absolute Gasteiger partial charge is 0.494 e. The third kappa shape index (κ3) is 11.3. The molecule has 0 radical (unpaired) electrons. The van der Waals surface area contributed by atoms with Crippen LogP contribution in [0.4, 0.5) is 0 Å². The molecular formula is C19H32NO5S2-. The molecule has 0 aliphatic carbocycles. The van der Waals surface area contributed by atoms with E-state index in [1.54, 1.807) is 0 Å². The van der Waals surface area contributed by atoms with Gasteiger partial charge in [0, 0.05) is 11.2 Å². The summed E-state index contributed by atoms with van der Waals surface area (Å²) in [4.78, 5) is -0.167. The van der Waals surface area contributed by atoms with Crippen molar-refractivity contribution < 1.29 is 21.6 Å². The molecule has 1 rings (SSSR count). The van der Waals surface area contributed by atoms with E-state index in [-0.39, 0.29) is 4.90 Å². The van der Waals surface area contributed by atoms with E-state index < -0.39 is 20.0 Å². The topological polar surface area (TPSA) is 91.6 Å². The lowest BCUT2D eigenvalue weighted by Gasteiger charge is -2.17. The Morgan fingerprint density at radius 3 is 1.74 bits per heavy atom. The Hall–Kier alpha value is -1.12. The van der Waals surface area contributed by atoms with E-state index in [1.165, 1.54) is 75.6 Å². The van der Waals surface area contributed by atoms with Crippen LogP contribution in [0.2, 0.25) is 0 Å². The van der Waals surface area contributed by atoms with Crippen molar-refractivity contribution in [2.45, 2.75) is 76.0 Å². The highest BCUT2D eigenvalue weighted by Gasteiger charge is 2.08. The van der Waals surface area contributed by atoms with Crippen molar-refractivity contribution in [3.63, 3.8) is 0 Å². The summed E-state index contributed by atoms with van der Waals surface area (Å²) in [7, 11) is -8.17. The van der Waals surface area contributed by atoms with Gasteiger partial charge >= 0.3 is 0 Å². The van der Waals surface area contributed by atoms with Crippen LogP contribution < -0.4 is 4.74 Å². The van der Waals surface area contributed by atoms with Crippen LogP contribution in [0.15, 0.2) is 29.2 Å². The number of hydrogen-bond acceptors (Lipinski definition) is 5. The highest BCUT2D eigenvalue weighted by molar-refractivity contribution is 8.11. The predicted molar refractivity (Wildman–Crippen MR) is 109 cm³/mol. The number of sulfonamides is 2. The molecule has 27 heavy (non-hydrogen) atoms. The van der Waals surface area contributed by atoms with Crippen molar-refractivity contribution in [1.82, 2.24) is 0 Å². The first kappa shape index (κ1) is 23.9. The molecule has 0 saturated carbocycles. The minimum atomic E-state index is -4.20. The number of ether oxygens (including phenoxy) is 1. The van der Waals surface area contributed by atoms with Crippen molar-refractivity contribution in [2.24, 2.45) is 0 Å². The zero-order chi connectivity index (χ0) is 20.2. The maximum Gasteiger partial charge on any atom is 0.119 e. The first-order chi connectivity index (χ1) is 12.7. The van der Waals surface area contributed by atoms with Gasteiger partial charge in [-0.3, -0.25) is 0 Å². The van der Waals surface area contributed by atoms with Crippen molar-refractivity contribution in [1.29, 1.82) is 0 Å². The van der Waals surface area contributed by atoms with Gasteiger partial charge in [0.05, 0.1) is 16.6 Å². The lowest BCUT2D eigenvalue weighted by Crippen LogP contribution is -2.05. The fraction of sp³-hybridized carbons (Fsp3) is 0.684. The summed E-state index contributed by atoms with van der Waals surface area (Å²) < 4.78 is 54.2. The number of benzene rings is 1. The average Bonchev–Trinajstić information content (AvgIpc) is 2.58. The monoisotopic (exact) mass is 418 g/mol. The van der Waals surface area contributed by atoms with Crippen LogP contribution in [0.3, 0.4) is 0 Å². The third-order valence-corrected chi connectivity index (χ3v) is 6.86. The molecule has 156 valence electrons. The number of rotatable bonds is 15. The lowest BCUT2D eigenvalue weighted by molar-refractivity contribution is 0.304. The third-order valence-electron chi connectivity index (χ3n) is 4.12. The summed E-state index contributed by atoms with van der Waals surface area (Å²) in [5.74, 6) is 0.559. The maximum absolute atomic E-state index is 11.8. The normalized spacial score (nSPS) is 12.2. The fourth-order valence-electron chi connectivity index (χ4n) is 2.71. The summed E-state index contributed by atoms with van der Waals surface area (Å²) in [6.07, 6.45) is 13.3. The molecule has 0 unspecified atom stereocenters. The van der Waals surface area contributed by atoms with Crippen LogP contribution in [0.25, 0.3) is 4.13 Å². The molecule has 0 aliphatic rings. The number of hydrogen-bond donors (Lipinski definition) is 0. The first-order valence-corrected chi connectivity index (χ1v) is 13.0. The van der Waals surface area contributed by atoms with E-state index in [2.05, 4.69) is 11.1 Å². The van der Waals surface area contributed by atoms with E-state index >= 15 is 0 Å². The van der Waals surface area contributed by atoms with Gasteiger partial charge in [-0.1, -0.05) is 64.7 Å². The molecule has 1 aromatic rings. The summed E-state index contributed by atoms with van der Waals surface area (Å²) >= 11 is 0. The van der Waals surface area contributed by atoms with Gasteiger partial charge in [-0.2, -0.15) is 0 Å². The summed E-state index contributed by atoms with van der Waals surface area (Å²) in [5, 5.41) is 0. The van der Waals surface area contributed by atoms with Crippen LogP contribution in [-0.2, 0) is 20.0 Å². The maximum atomic E-state index is 11.8. The summed E-state index contributed by atoms with van der Waals surface area (Å²) in [5.41, 5.74) is 0. The molecule has 0 amide bonds.